The van der Waals surface area contributed by atoms with Crippen LogP contribution in [0.25, 0.3) is 0 Å². The van der Waals surface area contributed by atoms with Crippen LogP contribution in [0.5, 0.6) is 0 Å². The molecular formula is C11H14N6OS. The molecule has 2 heterocycles. The van der Waals surface area contributed by atoms with Crippen molar-refractivity contribution in [1.82, 2.24) is 24.7 Å². The van der Waals surface area contributed by atoms with Crippen molar-refractivity contribution in [3.05, 3.63) is 22.4 Å². The van der Waals surface area contributed by atoms with Crippen molar-refractivity contribution in [1.29, 1.82) is 0 Å². The second-order valence-corrected chi connectivity index (χ2v) is 5.39. The van der Waals surface area contributed by atoms with Crippen LogP contribution in [0.1, 0.15) is 24.7 Å². The van der Waals surface area contributed by atoms with Crippen LogP contribution >= 0.6 is 11.8 Å². The van der Waals surface area contributed by atoms with Crippen LogP contribution in [0.15, 0.2) is 21.0 Å². The molecule has 0 unspecified atom stereocenters. The number of aryl methyl sites for hydroxylation is 1. The summed E-state index contributed by atoms with van der Waals surface area (Å²) in [7, 11) is 1.81. The summed E-state index contributed by atoms with van der Waals surface area (Å²) in [5.41, 5.74) is -0.149. The van der Waals surface area contributed by atoms with Crippen LogP contribution in [0, 0.1) is 6.92 Å². The fourth-order valence-electron chi connectivity index (χ4n) is 1.83. The zero-order valence-electron chi connectivity index (χ0n) is 10.7. The Kier molecular flexibility index (Phi) is 3.02. The van der Waals surface area contributed by atoms with Crippen molar-refractivity contribution >= 4 is 17.6 Å². The van der Waals surface area contributed by atoms with E-state index in [1.54, 1.807) is 4.57 Å². The van der Waals surface area contributed by atoms with Gasteiger partial charge in [-0.25, -0.2) is 19.9 Å². The summed E-state index contributed by atoms with van der Waals surface area (Å²) in [6, 6.07) is 2.13. The summed E-state index contributed by atoms with van der Waals surface area (Å²) in [5.74, 6) is 1.44. The first kappa shape index (κ1) is 12.2. The second kappa shape index (κ2) is 4.69. The lowest BCUT2D eigenvalue weighted by atomic mass is 10.5. The SMILES string of the molecule is CNc1cc(Sc2n[nH]c(=O)n2C2CC2)nc(C)n1. The standard InChI is InChI=1S/C11H14N6OS/c1-6-13-8(12-2)5-9(14-6)19-11-16-15-10(18)17(11)7-3-4-7/h5,7H,3-4H2,1-2H3,(H,15,18)(H,12,13,14). The van der Waals surface area contributed by atoms with E-state index >= 15 is 0 Å². The van der Waals surface area contributed by atoms with Crippen molar-refractivity contribution in [3.63, 3.8) is 0 Å². The molecule has 19 heavy (non-hydrogen) atoms. The quantitative estimate of drug-likeness (QED) is 0.817. The van der Waals surface area contributed by atoms with Gasteiger partial charge in [0.25, 0.3) is 0 Å². The molecular weight excluding hydrogens is 264 g/mol. The number of anilines is 1. The summed E-state index contributed by atoms with van der Waals surface area (Å²) >= 11 is 1.38. The summed E-state index contributed by atoms with van der Waals surface area (Å²) in [6.45, 7) is 1.84. The van der Waals surface area contributed by atoms with Gasteiger partial charge in [0, 0.05) is 19.2 Å². The molecule has 0 spiro atoms. The maximum Gasteiger partial charge on any atom is 0.344 e. The molecule has 1 aliphatic rings. The first-order valence-electron chi connectivity index (χ1n) is 6.05. The largest absolute Gasteiger partial charge is 0.373 e. The summed E-state index contributed by atoms with van der Waals surface area (Å²) < 4.78 is 1.71. The average Bonchev–Trinajstić information content (AvgIpc) is 3.14. The third-order valence-corrected chi connectivity index (χ3v) is 3.74. The maximum absolute atomic E-state index is 11.7. The van der Waals surface area contributed by atoms with Gasteiger partial charge in [-0.2, -0.15) is 0 Å². The third kappa shape index (κ3) is 2.48. The molecule has 0 amide bonds. The molecule has 8 heteroatoms. The van der Waals surface area contributed by atoms with Crippen LogP contribution in [0.3, 0.4) is 0 Å². The van der Waals surface area contributed by atoms with E-state index < -0.39 is 0 Å². The number of hydrogen-bond donors (Lipinski definition) is 2. The molecule has 2 aromatic rings. The molecule has 0 saturated heterocycles. The zero-order chi connectivity index (χ0) is 13.4. The number of rotatable bonds is 4. The van der Waals surface area contributed by atoms with E-state index in [1.807, 2.05) is 20.0 Å². The number of aromatic amines is 1. The van der Waals surface area contributed by atoms with E-state index in [9.17, 15) is 4.79 Å². The summed E-state index contributed by atoms with van der Waals surface area (Å²) in [5, 5.41) is 11.0. The smallest absolute Gasteiger partial charge is 0.344 e. The van der Waals surface area contributed by atoms with Crippen molar-refractivity contribution < 1.29 is 0 Å². The van der Waals surface area contributed by atoms with E-state index in [-0.39, 0.29) is 5.69 Å². The van der Waals surface area contributed by atoms with Crippen molar-refractivity contribution in [2.24, 2.45) is 0 Å². The van der Waals surface area contributed by atoms with Gasteiger partial charge in [0.05, 0.1) is 0 Å². The predicted molar refractivity (Wildman–Crippen MR) is 71.6 cm³/mol. The second-order valence-electron chi connectivity index (χ2n) is 4.40. The molecule has 100 valence electrons. The van der Waals surface area contributed by atoms with Gasteiger partial charge in [0.2, 0.25) is 0 Å². The molecule has 0 bridgehead atoms. The van der Waals surface area contributed by atoms with Gasteiger partial charge in [0.15, 0.2) is 5.16 Å². The van der Waals surface area contributed by atoms with Crippen LogP contribution in [0.4, 0.5) is 5.82 Å². The number of nitrogens with zero attached hydrogens (tertiary/aromatic N) is 4. The topological polar surface area (TPSA) is 88.5 Å². The van der Waals surface area contributed by atoms with E-state index in [1.165, 1.54) is 11.8 Å². The molecule has 2 N–H and O–H groups in total. The van der Waals surface area contributed by atoms with E-state index in [2.05, 4.69) is 25.5 Å². The van der Waals surface area contributed by atoms with E-state index in [0.717, 1.165) is 23.7 Å². The molecule has 2 aromatic heterocycles. The minimum absolute atomic E-state index is 0.149. The fraction of sp³-hybridized carbons (Fsp3) is 0.455. The Bertz CT molecular complexity index is 659. The molecule has 1 saturated carbocycles. The first-order valence-corrected chi connectivity index (χ1v) is 6.87. The van der Waals surface area contributed by atoms with Crippen molar-refractivity contribution in [3.8, 4) is 0 Å². The Morgan fingerprint density at radius 1 is 1.47 bits per heavy atom. The highest BCUT2D eigenvalue weighted by Crippen LogP contribution is 2.37. The molecule has 0 atom stereocenters. The van der Waals surface area contributed by atoms with Crippen LogP contribution in [-0.4, -0.2) is 31.8 Å². The normalized spacial score (nSPS) is 14.6. The van der Waals surface area contributed by atoms with Gasteiger partial charge in [-0.1, -0.05) is 0 Å². The fourth-order valence-corrected chi connectivity index (χ4v) is 2.79. The minimum Gasteiger partial charge on any atom is -0.373 e. The van der Waals surface area contributed by atoms with Gasteiger partial charge in [0.1, 0.15) is 16.7 Å². The minimum atomic E-state index is -0.149. The average molecular weight is 278 g/mol. The van der Waals surface area contributed by atoms with E-state index in [4.69, 9.17) is 0 Å². The van der Waals surface area contributed by atoms with Crippen molar-refractivity contribution in [2.75, 3.05) is 12.4 Å². The third-order valence-electron chi connectivity index (χ3n) is 2.85. The molecule has 0 aliphatic heterocycles. The lowest BCUT2D eigenvalue weighted by molar-refractivity contribution is 0.642. The highest BCUT2D eigenvalue weighted by atomic mass is 32.2. The predicted octanol–water partition coefficient (Wildman–Crippen LogP) is 1.20. The van der Waals surface area contributed by atoms with Gasteiger partial charge in [-0.05, 0) is 31.5 Å². The summed E-state index contributed by atoms with van der Waals surface area (Å²) in [6.07, 6.45) is 2.08. The molecule has 3 rings (SSSR count). The Hall–Kier alpha value is -1.83. The molecule has 7 nitrogen and oxygen atoms in total. The first-order chi connectivity index (χ1) is 9.17. The highest BCUT2D eigenvalue weighted by molar-refractivity contribution is 7.99. The number of hydrogen-bond acceptors (Lipinski definition) is 6. The lowest BCUT2D eigenvalue weighted by Gasteiger charge is -2.05. The Balaban J connectivity index is 1.93. The number of nitrogens with one attached hydrogen (secondary N) is 2. The molecule has 0 aromatic carbocycles. The number of aromatic nitrogens is 5. The molecule has 1 aliphatic carbocycles. The summed E-state index contributed by atoms with van der Waals surface area (Å²) in [4.78, 5) is 20.3. The van der Waals surface area contributed by atoms with Gasteiger partial charge in [-0.15, -0.1) is 5.10 Å². The van der Waals surface area contributed by atoms with Crippen LogP contribution < -0.4 is 11.0 Å². The van der Waals surface area contributed by atoms with E-state index in [0.29, 0.717) is 17.0 Å². The molecule has 1 fully saturated rings. The number of H-pyrrole nitrogens is 1. The van der Waals surface area contributed by atoms with Gasteiger partial charge >= 0.3 is 5.69 Å². The lowest BCUT2D eigenvalue weighted by Crippen LogP contribution is -2.16. The van der Waals surface area contributed by atoms with Crippen LogP contribution in [-0.2, 0) is 0 Å². The zero-order valence-corrected chi connectivity index (χ0v) is 11.5. The molecule has 0 radical (unpaired) electrons. The van der Waals surface area contributed by atoms with Gasteiger partial charge < -0.3 is 5.32 Å². The van der Waals surface area contributed by atoms with Crippen LogP contribution in [0.2, 0.25) is 0 Å². The Labute approximate surface area is 113 Å². The van der Waals surface area contributed by atoms with Gasteiger partial charge in [-0.3, -0.25) is 4.57 Å². The Morgan fingerprint density at radius 2 is 2.26 bits per heavy atom. The van der Waals surface area contributed by atoms with Crippen molar-refractivity contribution in [2.45, 2.75) is 36.0 Å². The maximum atomic E-state index is 11.7. The monoisotopic (exact) mass is 278 g/mol. The highest BCUT2D eigenvalue weighted by Gasteiger charge is 2.28. The Morgan fingerprint density at radius 3 is 2.95 bits per heavy atom.